The van der Waals surface area contributed by atoms with Crippen LogP contribution in [0, 0.1) is 11.8 Å². The van der Waals surface area contributed by atoms with Gasteiger partial charge in [0.05, 0.1) is 17.5 Å². The summed E-state index contributed by atoms with van der Waals surface area (Å²) in [7, 11) is 0. The molecule has 2 amide bonds. The maximum absolute atomic E-state index is 11.9. The Labute approximate surface area is 114 Å². The Morgan fingerprint density at radius 2 is 1.78 bits per heavy atom. The average Bonchev–Trinajstić information content (AvgIpc) is 2.27. The number of nitrogens with one attached hydrogen (secondary N) is 1. The first kappa shape index (κ1) is 16.8. The van der Waals surface area contributed by atoms with Gasteiger partial charge in [-0.05, 0) is 19.8 Å². The summed E-state index contributed by atoms with van der Waals surface area (Å²) in [5, 5.41) is 2.60. The molecule has 0 saturated heterocycles. The number of nitrogens with zero attached hydrogens (tertiary/aromatic N) is 1. The Bertz CT molecular complexity index is 314. The first-order chi connectivity index (χ1) is 8.34. The fourth-order valence-electron chi connectivity index (χ4n) is 1.72. The highest BCUT2D eigenvalue weighted by Gasteiger charge is 2.25. The summed E-state index contributed by atoms with van der Waals surface area (Å²) in [6, 6.07) is 0. The van der Waals surface area contributed by atoms with E-state index in [2.05, 4.69) is 5.32 Å². The highest BCUT2D eigenvalue weighted by atomic mass is 32.1. The van der Waals surface area contributed by atoms with Gasteiger partial charge in [-0.15, -0.1) is 0 Å². The lowest BCUT2D eigenvalue weighted by Crippen LogP contribution is -2.45. The van der Waals surface area contributed by atoms with Crippen LogP contribution in [0.2, 0.25) is 0 Å². The van der Waals surface area contributed by atoms with Crippen molar-refractivity contribution in [2.75, 3.05) is 19.6 Å². The van der Waals surface area contributed by atoms with Crippen LogP contribution in [0.25, 0.3) is 0 Å². The predicted octanol–water partition coefficient (Wildman–Crippen LogP) is 0.529. The van der Waals surface area contributed by atoms with E-state index in [1.54, 1.807) is 4.90 Å². The van der Waals surface area contributed by atoms with Gasteiger partial charge in [0.15, 0.2) is 0 Å². The van der Waals surface area contributed by atoms with Gasteiger partial charge in [0, 0.05) is 13.1 Å². The van der Waals surface area contributed by atoms with Crippen molar-refractivity contribution in [2.45, 2.75) is 27.7 Å². The number of thiocarbonyl (C=S) groups is 1. The minimum Gasteiger partial charge on any atom is -0.393 e. The van der Waals surface area contributed by atoms with Crippen LogP contribution < -0.4 is 11.1 Å². The van der Waals surface area contributed by atoms with Crippen LogP contribution in [0.15, 0.2) is 0 Å². The molecule has 18 heavy (non-hydrogen) atoms. The maximum Gasteiger partial charge on any atom is 0.241 e. The van der Waals surface area contributed by atoms with E-state index in [4.69, 9.17) is 18.0 Å². The predicted molar refractivity (Wildman–Crippen MR) is 76.1 cm³/mol. The molecule has 0 bridgehead atoms. The fourth-order valence-corrected chi connectivity index (χ4v) is 2.10. The van der Waals surface area contributed by atoms with Crippen molar-refractivity contribution in [3.8, 4) is 0 Å². The molecule has 0 spiro atoms. The zero-order valence-electron chi connectivity index (χ0n) is 11.5. The average molecular weight is 273 g/mol. The van der Waals surface area contributed by atoms with Gasteiger partial charge in [-0.3, -0.25) is 9.59 Å². The van der Waals surface area contributed by atoms with Crippen LogP contribution in [0.1, 0.15) is 27.7 Å². The third-order valence-electron chi connectivity index (χ3n) is 2.79. The quantitative estimate of drug-likeness (QED) is 0.664. The van der Waals surface area contributed by atoms with Crippen molar-refractivity contribution >= 4 is 29.0 Å². The molecule has 0 aromatic rings. The van der Waals surface area contributed by atoms with E-state index in [0.717, 1.165) is 0 Å². The molecule has 6 heteroatoms. The van der Waals surface area contributed by atoms with Crippen LogP contribution in [-0.4, -0.2) is 41.3 Å². The molecule has 5 nitrogen and oxygen atoms in total. The lowest BCUT2D eigenvalue weighted by Gasteiger charge is -2.21. The summed E-state index contributed by atoms with van der Waals surface area (Å²) in [6.07, 6.45) is 0. The molecule has 0 rings (SSSR count). The Morgan fingerprint density at radius 3 is 2.11 bits per heavy atom. The molecule has 0 aliphatic carbocycles. The van der Waals surface area contributed by atoms with Gasteiger partial charge in [-0.2, -0.15) is 0 Å². The number of hydrogen-bond donors (Lipinski definition) is 2. The smallest absolute Gasteiger partial charge is 0.241 e. The summed E-state index contributed by atoms with van der Waals surface area (Å²) in [4.78, 5) is 25.4. The number of likely N-dealkylation sites (N-methyl/N-ethyl adjacent to an activating group) is 1. The topological polar surface area (TPSA) is 75.4 Å². The highest BCUT2D eigenvalue weighted by molar-refractivity contribution is 7.80. The first-order valence-corrected chi connectivity index (χ1v) is 6.60. The number of hydrogen-bond acceptors (Lipinski definition) is 3. The second-order valence-electron chi connectivity index (χ2n) is 4.41. The van der Waals surface area contributed by atoms with Crippen LogP contribution in [0.3, 0.4) is 0 Å². The molecular formula is C12H23N3O2S. The Balaban J connectivity index is 4.40. The largest absolute Gasteiger partial charge is 0.393 e. The molecule has 104 valence electrons. The van der Waals surface area contributed by atoms with E-state index in [0.29, 0.717) is 13.1 Å². The van der Waals surface area contributed by atoms with Crippen molar-refractivity contribution in [2.24, 2.45) is 17.6 Å². The van der Waals surface area contributed by atoms with Crippen molar-refractivity contribution in [3.63, 3.8) is 0 Å². The molecule has 1 unspecified atom stereocenters. The monoisotopic (exact) mass is 273 g/mol. The molecule has 0 aliphatic rings. The number of rotatable bonds is 7. The Hall–Kier alpha value is -1.17. The zero-order valence-corrected chi connectivity index (χ0v) is 12.3. The van der Waals surface area contributed by atoms with Gasteiger partial charge < -0.3 is 16.0 Å². The van der Waals surface area contributed by atoms with Gasteiger partial charge in [-0.25, -0.2) is 0 Å². The second-order valence-corrected chi connectivity index (χ2v) is 4.88. The molecule has 1 atom stereocenters. The van der Waals surface area contributed by atoms with Gasteiger partial charge in [0.1, 0.15) is 0 Å². The molecule has 0 saturated carbocycles. The van der Waals surface area contributed by atoms with E-state index < -0.39 is 5.92 Å². The fraction of sp³-hybridized carbons (Fsp3) is 0.750. The van der Waals surface area contributed by atoms with Gasteiger partial charge in [0.25, 0.3) is 0 Å². The minimum atomic E-state index is -0.524. The van der Waals surface area contributed by atoms with Crippen LogP contribution in [-0.2, 0) is 9.59 Å². The van der Waals surface area contributed by atoms with Crippen LogP contribution in [0.4, 0.5) is 0 Å². The summed E-state index contributed by atoms with van der Waals surface area (Å²) in [5.74, 6) is -0.882. The van der Waals surface area contributed by atoms with Crippen LogP contribution in [0.5, 0.6) is 0 Å². The SMILES string of the molecule is CCN(CC)C(=O)CNC(=O)C(C(N)=S)C(C)C. The normalized spacial score (nSPS) is 12.1. The van der Waals surface area contributed by atoms with E-state index >= 15 is 0 Å². The third-order valence-corrected chi connectivity index (χ3v) is 3.04. The standard InChI is InChI=1S/C12H23N3O2S/c1-5-15(6-2)9(16)7-14-12(17)10(8(3)4)11(13)18/h8,10H,5-7H2,1-4H3,(H2,13,18)(H,14,17). The molecule has 0 aromatic heterocycles. The van der Waals surface area contributed by atoms with Crippen molar-refractivity contribution in [3.05, 3.63) is 0 Å². The highest BCUT2D eigenvalue weighted by Crippen LogP contribution is 2.11. The van der Waals surface area contributed by atoms with E-state index in [1.165, 1.54) is 0 Å². The van der Waals surface area contributed by atoms with Gasteiger partial charge in [-0.1, -0.05) is 26.1 Å². The summed E-state index contributed by atoms with van der Waals surface area (Å²) in [6.45, 7) is 8.80. The maximum atomic E-state index is 11.9. The molecule has 0 radical (unpaired) electrons. The van der Waals surface area contributed by atoms with E-state index in [1.807, 2.05) is 27.7 Å². The summed E-state index contributed by atoms with van der Waals surface area (Å²) >= 11 is 4.87. The number of amides is 2. The number of carbonyl (C=O) groups excluding carboxylic acids is 2. The lowest BCUT2D eigenvalue weighted by atomic mass is 9.95. The minimum absolute atomic E-state index is 0.00759. The summed E-state index contributed by atoms with van der Waals surface area (Å²) < 4.78 is 0. The summed E-state index contributed by atoms with van der Waals surface area (Å²) in [5.41, 5.74) is 5.53. The second kappa shape index (κ2) is 8.02. The van der Waals surface area contributed by atoms with Crippen LogP contribution >= 0.6 is 12.2 Å². The van der Waals surface area contributed by atoms with E-state index in [-0.39, 0.29) is 29.3 Å². The van der Waals surface area contributed by atoms with Crippen molar-refractivity contribution in [1.82, 2.24) is 10.2 Å². The Morgan fingerprint density at radius 1 is 1.28 bits per heavy atom. The van der Waals surface area contributed by atoms with Crippen molar-refractivity contribution < 1.29 is 9.59 Å². The number of nitrogens with two attached hydrogens (primary N) is 1. The molecule has 0 aliphatic heterocycles. The number of carbonyl (C=O) groups is 2. The lowest BCUT2D eigenvalue weighted by molar-refractivity contribution is -0.133. The Kier molecular flexibility index (Phi) is 7.50. The third kappa shape index (κ3) is 5.00. The molecular weight excluding hydrogens is 250 g/mol. The first-order valence-electron chi connectivity index (χ1n) is 6.19. The zero-order chi connectivity index (χ0) is 14.3. The van der Waals surface area contributed by atoms with E-state index in [9.17, 15) is 9.59 Å². The molecule has 3 N–H and O–H groups in total. The van der Waals surface area contributed by atoms with Crippen molar-refractivity contribution in [1.29, 1.82) is 0 Å². The van der Waals surface area contributed by atoms with Gasteiger partial charge in [0.2, 0.25) is 11.8 Å². The molecule has 0 aromatic carbocycles. The molecule has 0 heterocycles. The van der Waals surface area contributed by atoms with Gasteiger partial charge >= 0.3 is 0 Å². The molecule has 0 fully saturated rings.